The number of nitrogens with zero attached hydrogens (tertiary/aromatic N) is 1. The van der Waals surface area contributed by atoms with Gasteiger partial charge in [-0.15, -0.1) is 11.3 Å². The third-order valence-electron chi connectivity index (χ3n) is 4.05. The summed E-state index contributed by atoms with van der Waals surface area (Å²) in [4.78, 5) is 48.3. The summed E-state index contributed by atoms with van der Waals surface area (Å²) in [7, 11) is 0. The van der Waals surface area contributed by atoms with Crippen molar-refractivity contribution >= 4 is 39.9 Å². The molecule has 10 heteroatoms. The third-order valence-corrected chi connectivity index (χ3v) is 5.24. The van der Waals surface area contributed by atoms with Crippen LogP contribution < -0.4 is 5.32 Å². The van der Waals surface area contributed by atoms with E-state index in [4.69, 9.17) is 9.47 Å². The predicted octanol–water partition coefficient (Wildman–Crippen LogP) is 4.27. The van der Waals surface area contributed by atoms with E-state index in [2.05, 4.69) is 5.32 Å². The number of nitro groups is 1. The molecule has 0 unspecified atom stereocenters. The lowest BCUT2D eigenvalue weighted by Gasteiger charge is -2.08. The first kappa shape index (κ1) is 23.0. The molecule has 0 aliphatic rings. The van der Waals surface area contributed by atoms with Crippen molar-refractivity contribution in [2.45, 2.75) is 40.7 Å². The Kier molecular flexibility index (Phi) is 7.28. The molecule has 1 N–H and O–H groups in total. The van der Waals surface area contributed by atoms with Gasteiger partial charge in [-0.05, 0) is 46.2 Å². The minimum Gasteiger partial charge on any atom is -0.462 e. The molecule has 0 aliphatic carbocycles. The summed E-state index contributed by atoms with van der Waals surface area (Å²) in [5.74, 6) is -1.97. The van der Waals surface area contributed by atoms with Crippen LogP contribution in [0.1, 0.15) is 62.3 Å². The van der Waals surface area contributed by atoms with Crippen LogP contribution in [0.25, 0.3) is 0 Å². The monoisotopic (exact) mass is 434 g/mol. The number of carbonyl (C=O) groups excluding carboxylic acids is 3. The van der Waals surface area contributed by atoms with E-state index in [1.165, 1.54) is 12.1 Å². The molecule has 2 rings (SSSR count). The van der Waals surface area contributed by atoms with Crippen LogP contribution in [0.4, 0.5) is 10.7 Å². The van der Waals surface area contributed by atoms with Crippen molar-refractivity contribution in [3.05, 3.63) is 55.4 Å². The third kappa shape index (κ3) is 5.01. The Balaban J connectivity index is 2.45. The summed E-state index contributed by atoms with van der Waals surface area (Å²) >= 11 is 0.886. The zero-order valence-electron chi connectivity index (χ0n) is 17.2. The van der Waals surface area contributed by atoms with E-state index >= 15 is 0 Å². The van der Waals surface area contributed by atoms with Gasteiger partial charge in [0.05, 0.1) is 23.2 Å². The number of amides is 1. The molecule has 160 valence electrons. The van der Waals surface area contributed by atoms with E-state index in [1.807, 2.05) is 0 Å². The van der Waals surface area contributed by atoms with Crippen LogP contribution in [0.2, 0.25) is 0 Å². The molecule has 1 heterocycles. The molecule has 9 nitrogen and oxygen atoms in total. The summed E-state index contributed by atoms with van der Waals surface area (Å²) in [6, 6.07) is 4.06. The van der Waals surface area contributed by atoms with Crippen molar-refractivity contribution in [3.8, 4) is 0 Å². The Hall–Kier alpha value is -3.27. The number of benzene rings is 1. The van der Waals surface area contributed by atoms with E-state index in [0.717, 1.165) is 17.4 Å². The van der Waals surface area contributed by atoms with Gasteiger partial charge in [-0.25, -0.2) is 9.59 Å². The number of thiophene rings is 1. The molecular formula is C20H22N2O7S. The average molecular weight is 434 g/mol. The summed E-state index contributed by atoms with van der Waals surface area (Å²) in [6.07, 6.45) is -0.365. The second-order valence-corrected chi connectivity index (χ2v) is 7.67. The van der Waals surface area contributed by atoms with Crippen LogP contribution in [-0.2, 0) is 9.47 Å². The molecule has 0 bridgehead atoms. The van der Waals surface area contributed by atoms with Crippen molar-refractivity contribution in [1.29, 1.82) is 0 Å². The zero-order chi connectivity index (χ0) is 22.6. The largest absolute Gasteiger partial charge is 0.462 e. The summed E-state index contributed by atoms with van der Waals surface area (Å²) in [6.45, 7) is 8.26. The Labute approximate surface area is 177 Å². The van der Waals surface area contributed by atoms with Crippen molar-refractivity contribution in [2.24, 2.45) is 0 Å². The van der Waals surface area contributed by atoms with Gasteiger partial charge < -0.3 is 14.8 Å². The van der Waals surface area contributed by atoms with E-state index in [9.17, 15) is 24.5 Å². The highest BCUT2D eigenvalue weighted by molar-refractivity contribution is 7.18. The quantitative estimate of drug-likeness (QED) is 0.392. The summed E-state index contributed by atoms with van der Waals surface area (Å²) in [5.41, 5.74) is 0.632. The first-order chi connectivity index (χ1) is 14.1. The molecule has 1 amide bonds. The minimum absolute atomic E-state index is 0.0412. The maximum absolute atomic E-state index is 12.7. The number of carbonyl (C=O) groups is 3. The van der Waals surface area contributed by atoms with Crippen molar-refractivity contribution in [2.75, 3.05) is 11.9 Å². The van der Waals surface area contributed by atoms with Gasteiger partial charge in [0.15, 0.2) is 0 Å². The van der Waals surface area contributed by atoms with E-state index in [-0.39, 0.29) is 39.4 Å². The number of nitrogens with one attached hydrogen (secondary N) is 1. The Morgan fingerprint density at radius 1 is 1.20 bits per heavy atom. The van der Waals surface area contributed by atoms with Crippen molar-refractivity contribution in [1.82, 2.24) is 0 Å². The van der Waals surface area contributed by atoms with Gasteiger partial charge in [-0.2, -0.15) is 0 Å². The van der Waals surface area contributed by atoms with Gasteiger partial charge in [-0.1, -0.05) is 6.07 Å². The molecule has 0 fully saturated rings. The van der Waals surface area contributed by atoms with Gasteiger partial charge >= 0.3 is 11.9 Å². The molecule has 30 heavy (non-hydrogen) atoms. The first-order valence-electron chi connectivity index (χ1n) is 9.14. The van der Waals surface area contributed by atoms with Crippen molar-refractivity contribution in [3.63, 3.8) is 0 Å². The highest BCUT2D eigenvalue weighted by atomic mass is 32.1. The molecule has 0 atom stereocenters. The number of esters is 2. The van der Waals surface area contributed by atoms with Crippen LogP contribution >= 0.6 is 11.3 Å². The molecule has 2 aromatic rings. The van der Waals surface area contributed by atoms with Crippen LogP contribution in [0, 0.1) is 24.0 Å². The van der Waals surface area contributed by atoms with E-state index in [0.29, 0.717) is 11.1 Å². The fourth-order valence-corrected chi connectivity index (χ4v) is 3.71. The lowest BCUT2D eigenvalue weighted by molar-refractivity contribution is -0.385. The molecule has 1 aromatic heterocycles. The number of ether oxygens (including phenoxy) is 2. The van der Waals surface area contributed by atoms with Crippen LogP contribution in [0.15, 0.2) is 18.2 Å². The first-order valence-corrected chi connectivity index (χ1v) is 9.96. The molecule has 0 aliphatic heterocycles. The Bertz CT molecular complexity index is 1010. The molecule has 0 radical (unpaired) electrons. The lowest BCUT2D eigenvalue weighted by Crippen LogP contribution is -2.15. The highest BCUT2D eigenvalue weighted by Crippen LogP contribution is 2.35. The minimum atomic E-state index is -0.694. The fraction of sp³-hybridized carbons (Fsp3) is 0.350. The van der Waals surface area contributed by atoms with Gasteiger partial charge in [0, 0.05) is 17.2 Å². The van der Waals surface area contributed by atoms with Gasteiger partial charge in [0.25, 0.3) is 11.6 Å². The number of nitro benzene ring substituents is 1. The predicted molar refractivity (Wildman–Crippen MR) is 111 cm³/mol. The summed E-state index contributed by atoms with van der Waals surface area (Å²) < 4.78 is 10.3. The topological polar surface area (TPSA) is 125 Å². The standard InChI is InChI=1S/C20H22N2O7S/c1-6-28-19(24)15-12(5)16(20(25)29-10(2)3)30-18(15)21-17(23)13-8-7-11(4)14(9-13)22(26)27/h7-10H,6H2,1-5H3,(H,21,23). The maximum atomic E-state index is 12.7. The SMILES string of the molecule is CCOC(=O)c1c(NC(=O)c2ccc(C)c([N+](=O)[O-])c2)sc(C(=O)OC(C)C)c1C. The second kappa shape index (κ2) is 9.49. The lowest BCUT2D eigenvalue weighted by atomic mass is 10.1. The van der Waals surface area contributed by atoms with Crippen LogP contribution in [0.5, 0.6) is 0 Å². The highest BCUT2D eigenvalue weighted by Gasteiger charge is 2.28. The van der Waals surface area contributed by atoms with Crippen LogP contribution in [0.3, 0.4) is 0 Å². The number of anilines is 1. The zero-order valence-corrected chi connectivity index (χ0v) is 18.0. The molecule has 0 saturated carbocycles. The second-order valence-electron chi connectivity index (χ2n) is 6.65. The Morgan fingerprint density at radius 2 is 1.87 bits per heavy atom. The van der Waals surface area contributed by atoms with Gasteiger partial charge in [0.1, 0.15) is 9.88 Å². The maximum Gasteiger partial charge on any atom is 0.348 e. The average Bonchev–Trinajstić information content (AvgIpc) is 2.97. The molecule has 1 aromatic carbocycles. The normalized spacial score (nSPS) is 10.6. The van der Waals surface area contributed by atoms with Crippen LogP contribution in [-0.4, -0.2) is 35.5 Å². The number of aryl methyl sites for hydroxylation is 1. The van der Waals surface area contributed by atoms with E-state index in [1.54, 1.807) is 34.6 Å². The van der Waals surface area contributed by atoms with Crippen molar-refractivity contribution < 1.29 is 28.8 Å². The Morgan fingerprint density at radius 3 is 2.43 bits per heavy atom. The van der Waals surface area contributed by atoms with E-state index < -0.39 is 22.8 Å². The molecule has 0 spiro atoms. The summed E-state index contributed by atoms with van der Waals surface area (Å²) in [5, 5.41) is 13.8. The number of rotatable bonds is 7. The number of hydrogen-bond donors (Lipinski definition) is 1. The fourth-order valence-electron chi connectivity index (χ4n) is 2.64. The van der Waals surface area contributed by atoms with Gasteiger partial charge in [-0.3, -0.25) is 14.9 Å². The van der Waals surface area contributed by atoms with Gasteiger partial charge in [0.2, 0.25) is 0 Å². The molecule has 0 saturated heterocycles. The smallest absolute Gasteiger partial charge is 0.348 e. The molecular weight excluding hydrogens is 412 g/mol. The number of hydrogen-bond acceptors (Lipinski definition) is 8.